The van der Waals surface area contributed by atoms with Crippen molar-refractivity contribution in [2.75, 3.05) is 13.2 Å². The lowest BCUT2D eigenvalue weighted by molar-refractivity contribution is -0.147. The van der Waals surface area contributed by atoms with Gasteiger partial charge >= 0.3 is 5.97 Å². The average molecular weight is 339 g/mol. The zero-order chi connectivity index (χ0) is 17.6. The van der Waals surface area contributed by atoms with Crippen molar-refractivity contribution in [3.63, 3.8) is 0 Å². The van der Waals surface area contributed by atoms with Crippen molar-refractivity contribution in [3.05, 3.63) is 48.2 Å². The number of furan rings is 1. The number of fused-ring (bicyclic) bond motifs is 3. The molecule has 1 heterocycles. The molecule has 5 heteroatoms. The zero-order valence-corrected chi connectivity index (χ0v) is 14.2. The number of benzene rings is 2. The second-order valence-corrected chi connectivity index (χ2v) is 5.96. The number of nitrogens with one attached hydrogen (secondary N) is 1. The fraction of sp³-hybridized carbons (Fsp3) is 0.300. The van der Waals surface area contributed by atoms with Gasteiger partial charge in [-0.05, 0) is 23.3 Å². The molecule has 0 spiro atoms. The molecule has 0 fully saturated rings. The summed E-state index contributed by atoms with van der Waals surface area (Å²) in [5, 5.41) is 5.76. The maximum Gasteiger partial charge on any atom is 0.310 e. The van der Waals surface area contributed by atoms with E-state index in [2.05, 4.69) is 5.32 Å². The molecule has 0 aliphatic carbocycles. The summed E-state index contributed by atoms with van der Waals surface area (Å²) in [5.41, 5.74) is 1.50. The third-order valence-corrected chi connectivity index (χ3v) is 4.09. The Kier molecular flexibility index (Phi) is 5.33. The molecule has 0 bridgehead atoms. The van der Waals surface area contributed by atoms with Crippen molar-refractivity contribution in [2.45, 2.75) is 26.2 Å². The molecule has 25 heavy (non-hydrogen) atoms. The molecule has 1 amide bonds. The Bertz CT molecular complexity index is 897. The molecule has 1 N–H and O–H groups in total. The molecule has 3 rings (SSSR count). The maximum atomic E-state index is 12.1. The van der Waals surface area contributed by atoms with Gasteiger partial charge < -0.3 is 14.5 Å². The van der Waals surface area contributed by atoms with E-state index in [1.807, 2.05) is 43.3 Å². The number of ether oxygens (including phenoxy) is 1. The first kappa shape index (κ1) is 17.0. The number of unbranched alkanes of at least 4 members (excludes halogenated alkanes) is 1. The van der Waals surface area contributed by atoms with Gasteiger partial charge in [0.05, 0.1) is 12.7 Å². The standard InChI is InChI=1S/C20H21NO4/c1-2-3-10-21-18(22)13-25-19(23)11-15-12-24-17-9-8-14-6-4-5-7-16(14)20(15)17/h4-9,12H,2-3,10-11,13H2,1H3,(H,21,22). The van der Waals surface area contributed by atoms with E-state index in [0.717, 1.165) is 40.1 Å². The van der Waals surface area contributed by atoms with Crippen LogP contribution in [0.5, 0.6) is 0 Å². The lowest BCUT2D eigenvalue weighted by atomic mass is 10.0. The fourth-order valence-corrected chi connectivity index (χ4v) is 2.81. The van der Waals surface area contributed by atoms with Gasteiger partial charge in [-0.15, -0.1) is 0 Å². The Labute approximate surface area is 145 Å². The molecule has 0 atom stereocenters. The van der Waals surface area contributed by atoms with Gasteiger partial charge in [-0.1, -0.05) is 43.7 Å². The molecule has 0 saturated heterocycles. The molecule has 5 nitrogen and oxygen atoms in total. The number of esters is 1. The van der Waals surface area contributed by atoms with E-state index in [-0.39, 0.29) is 18.9 Å². The van der Waals surface area contributed by atoms with Crippen LogP contribution in [0.1, 0.15) is 25.3 Å². The van der Waals surface area contributed by atoms with Crippen LogP contribution < -0.4 is 5.32 Å². The van der Waals surface area contributed by atoms with Crippen molar-refractivity contribution in [1.29, 1.82) is 0 Å². The highest BCUT2D eigenvalue weighted by atomic mass is 16.5. The van der Waals surface area contributed by atoms with Gasteiger partial charge in [-0.3, -0.25) is 9.59 Å². The predicted molar refractivity (Wildman–Crippen MR) is 96.3 cm³/mol. The number of hydrogen-bond donors (Lipinski definition) is 1. The Balaban J connectivity index is 1.67. The topological polar surface area (TPSA) is 68.5 Å². The zero-order valence-electron chi connectivity index (χ0n) is 14.2. The molecule has 0 aliphatic rings. The number of carbonyl (C=O) groups is 2. The number of rotatable bonds is 7. The second kappa shape index (κ2) is 7.83. The highest BCUT2D eigenvalue weighted by Gasteiger charge is 2.15. The SMILES string of the molecule is CCCCNC(=O)COC(=O)Cc1coc2ccc3ccccc3c12. The van der Waals surface area contributed by atoms with Crippen molar-refractivity contribution in [3.8, 4) is 0 Å². The van der Waals surface area contributed by atoms with E-state index in [4.69, 9.17) is 9.15 Å². The number of carbonyl (C=O) groups excluding carboxylic acids is 2. The van der Waals surface area contributed by atoms with Crippen molar-refractivity contribution < 1.29 is 18.7 Å². The van der Waals surface area contributed by atoms with E-state index in [9.17, 15) is 9.59 Å². The largest absolute Gasteiger partial charge is 0.464 e. The minimum Gasteiger partial charge on any atom is -0.464 e. The molecule has 130 valence electrons. The lowest BCUT2D eigenvalue weighted by Gasteiger charge is -2.06. The first-order valence-electron chi connectivity index (χ1n) is 8.49. The molecule has 1 aromatic heterocycles. The first-order chi connectivity index (χ1) is 12.2. The quantitative estimate of drug-likeness (QED) is 0.528. The Hall–Kier alpha value is -2.82. The van der Waals surface area contributed by atoms with Crippen LogP contribution in [0.4, 0.5) is 0 Å². The van der Waals surface area contributed by atoms with Gasteiger partial charge in [0, 0.05) is 17.5 Å². The van der Waals surface area contributed by atoms with Crippen LogP contribution in [0.25, 0.3) is 21.7 Å². The van der Waals surface area contributed by atoms with E-state index in [0.29, 0.717) is 6.54 Å². The highest BCUT2D eigenvalue weighted by molar-refractivity contribution is 6.08. The third-order valence-electron chi connectivity index (χ3n) is 4.09. The fourth-order valence-electron chi connectivity index (χ4n) is 2.81. The van der Waals surface area contributed by atoms with E-state index in [1.165, 1.54) is 0 Å². The van der Waals surface area contributed by atoms with Crippen molar-refractivity contribution in [1.82, 2.24) is 5.32 Å². The van der Waals surface area contributed by atoms with Gasteiger partial charge in [0.25, 0.3) is 5.91 Å². The smallest absolute Gasteiger partial charge is 0.310 e. The predicted octanol–water partition coefficient (Wildman–Crippen LogP) is 3.59. The van der Waals surface area contributed by atoms with Crippen molar-refractivity contribution >= 4 is 33.6 Å². The molecule has 0 radical (unpaired) electrons. The van der Waals surface area contributed by atoms with Gasteiger partial charge in [0.15, 0.2) is 6.61 Å². The summed E-state index contributed by atoms with van der Waals surface area (Å²) in [6.07, 6.45) is 3.57. The van der Waals surface area contributed by atoms with Crippen molar-refractivity contribution in [2.24, 2.45) is 0 Å². The summed E-state index contributed by atoms with van der Waals surface area (Å²) in [6, 6.07) is 11.8. The molecule has 0 aliphatic heterocycles. The summed E-state index contributed by atoms with van der Waals surface area (Å²) in [7, 11) is 0. The highest BCUT2D eigenvalue weighted by Crippen LogP contribution is 2.30. The Morgan fingerprint density at radius 3 is 2.84 bits per heavy atom. The molecule has 0 unspecified atom stereocenters. The molecule has 3 aromatic rings. The van der Waals surface area contributed by atoms with Gasteiger partial charge in [-0.25, -0.2) is 0 Å². The molecule has 2 aromatic carbocycles. The monoisotopic (exact) mass is 339 g/mol. The summed E-state index contributed by atoms with van der Waals surface area (Å²) >= 11 is 0. The van der Waals surface area contributed by atoms with Crippen LogP contribution in [0.15, 0.2) is 47.1 Å². The molecular formula is C20H21NO4. The summed E-state index contributed by atoms with van der Waals surface area (Å²) in [5.74, 6) is -0.717. The number of hydrogen-bond acceptors (Lipinski definition) is 4. The van der Waals surface area contributed by atoms with Crippen LogP contribution in [0, 0.1) is 0 Å². The Morgan fingerprint density at radius 2 is 2.00 bits per heavy atom. The molecular weight excluding hydrogens is 318 g/mol. The molecule has 0 saturated carbocycles. The minimum absolute atomic E-state index is 0.0727. The maximum absolute atomic E-state index is 12.1. The number of amides is 1. The third kappa shape index (κ3) is 3.99. The van der Waals surface area contributed by atoms with Crippen LogP contribution >= 0.6 is 0 Å². The Morgan fingerprint density at radius 1 is 1.16 bits per heavy atom. The normalized spacial score (nSPS) is 10.9. The average Bonchev–Trinajstić information content (AvgIpc) is 3.03. The van der Waals surface area contributed by atoms with Crippen LogP contribution in [0.3, 0.4) is 0 Å². The first-order valence-corrected chi connectivity index (χ1v) is 8.49. The summed E-state index contributed by atoms with van der Waals surface area (Å²) in [6.45, 7) is 2.40. The van der Waals surface area contributed by atoms with Gasteiger partial charge in [0.2, 0.25) is 0 Å². The van der Waals surface area contributed by atoms with Gasteiger partial charge in [-0.2, -0.15) is 0 Å². The summed E-state index contributed by atoms with van der Waals surface area (Å²) < 4.78 is 10.6. The summed E-state index contributed by atoms with van der Waals surface area (Å²) in [4.78, 5) is 23.7. The minimum atomic E-state index is -0.443. The van der Waals surface area contributed by atoms with Crippen LogP contribution in [-0.4, -0.2) is 25.0 Å². The van der Waals surface area contributed by atoms with Gasteiger partial charge in [0.1, 0.15) is 5.58 Å². The lowest BCUT2D eigenvalue weighted by Crippen LogP contribution is -2.29. The van der Waals surface area contributed by atoms with Crippen LogP contribution in [-0.2, 0) is 20.7 Å². The van der Waals surface area contributed by atoms with E-state index >= 15 is 0 Å². The second-order valence-electron chi connectivity index (χ2n) is 5.96. The van der Waals surface area contributed by atoms with E-state index < -0.39 is 5.97 Å². The van der Waals surface area contributed by atoms with Crippen LogP contribution in [0.2, 0.25) is 0 Å². The van der Waals surface area contributed by atoms with E-state index in [1.54, 1.807) is 6.26 Å².